The molecule has 1 heteroatoms. The first-order chi connectivity index (χ1) is 12.2. The molecule has 2 saturated carbocycles. The lowest BCUT2D eigenvalue weighted by Crippen LogP contribution is -2.57. The summed E-state index contributed by atoms with van der Waals surface area (Å²) in [5, 5.41) is 0. The third kappa shape index (κ3) is 3.07. The average molecular weight is 340 g/mol. The van der Waals surface area contributed by atoms with Crippen molar-refractivity contribution in [3.63, 3.8) is 0 Å². The molecule has 1 heterocycles. The summed E-state index contributed by atoms with van der Waals surface area (Å²) in [4.78, 5) is 2.89. The Morgan fingerprint density at radius 2 is 1.84 bits per heavy atom. The lowest BCUT2D eigenvalue weighted by Gasteiger charge is -2.55. The molecule has 0 amide bonds. The van der Waals surface area contributed by atoms with Gasteiger partial charge in [-0.2, -0.15) is 0 Å². The summed E-state index contributed by atoms with van der Waals surface area (Å²) in [7, 11) is 0. The molecule has 138 valence electrons. The summed E-state index contributed by atoms with van der Waals surface area (Å²) >= 11 is 0. The minimum absolute atomic E-state index is 0.434. The van der Waals surface area contributed by atoms with Crippen molar-refractivity contribution in [3.05, 3.63) is 34.9 Å². The average Bonchev–Trinajstić information content (AvgIpc) is 2.63. The van der Waals surface area contributed by atoms with Crippen molar-refractivity contribution >= 4 is 0 Å². The van der Waals surface area contributed by atoms with Crippen molar-refractivity contribution in [2.24, 2.45) is 11.8 Å². The summed E-state index contributed by atoms with van der Waals surface area (Å²) in [6.45, 7) is 9.68. The molecule has 1 aromatic carbocycles. The Hall–Kier alpha value is -0.820. The molecule has 0 N–H and O–H groups in total. The Labute approximate surface area is 155 Å². The zero-order chi connectivity index (χ0) is 17.4. The fourth-order valence-electron chi connectivity index (χ4n) is 6.33. The van der Waals surface area contributed by atoms with Gasteiger partial charge in [0.25, 0.3) is 0 Å². The molecule has 1 nitrogen and oxygen atoms in total. The fourth-order valence-corrected chi connectivity index (χ4v) is 6.33. The summed E-state index contributed by atoms with van der Waals surface area (Å²) in [5.41, 5.74) is 5.15. The van der Waals surface area contributed by atoms with E-state index in [9.17, 15) is 0 Å². The van der Waals surface area contributed by atoms with Crippen LogP contribution in [0.25, 0.3) is 0 Å². The van der Waals surface area contributed by atoms with E-state index in [0.29, 0.717) is 5.41 Å². The van der Waals surface area contributed by atoms with Crippen LogP contribution in [0.5, 0.6) is 0 Å². The molecule has 2 aliphatic carbocycles. The molecule has 0 aromatic heterocycles. The Kier molecular flexibility index (Phi) is 4.97. The van der Waals surface area contributed by atoms with Crippen molar-refractivity contribution in [3.8, 4) is 0 Å². The van der Waals surface area contributed by atoms with Gasteiger partial charge in [0.05, 0.1) is 0 Å². The first-order valence-corrected chi connectivity index (χ1v) is 11.0. The van der Waals surface area contributed by atoms with Crippen LogP contribution in [0, 0.1) is 18.8 Å². The second kappa shape index (κ2) is 7.06. The normalized spacial score (nSPS) is 32.0. The van der Waals surface area contributed by atoms with Crippen molar-refractivity contribution < 1.29 is 0 Å². The largest absolute Gasteiger partial charge is 0.300 e. The van der Waals surface area contributed by atoms with Gasteiger partial charge in [0, 0.05) is 6.04 Å². The number of likely N-dealkylation sites (tertiary alicyclic amines) is 1. The molecule has 1 unspecified atom stereocenters. The number of rotatable bonds is 4. The monoisotopic (exact) mass is 339 g/mol. The first-order valence-electron chi connectivity index (χ1n) is 11.0. The van der Waals surface area contributed by atoms with Gasteiger partial charge >= 0.3 is 0 Å². The summed E-state index contributed by atoms with van der Waals surface area (Å²) in [6.07, 6.45) is 12.8. The second-order valence-electron chi connectivity index (χ2n) is 9.20. The molecule has 1 aromatic rings. The Morgan fingerprint density at radius 3 is 2.52 bits per heavy atom. The fraction of sp³-hybridized carbons (Fsp3) is 0.750. The van der Waals surface area contributed by atoms with E-state index < -0.39 is 0 Å². The number of piperidine rings is 1. The quantitative estimate of drug-likeness (QED) is 0.662. The second-order valence-corrected chi connectivity index (χ2v) is 9.20. The topological polar surface area (TPSA) is 3.24 Å². The third-order valence-electron chi connectivity index (χ3n) is 8.12. The lowest BCUT2D eigenvalue weighted by atomic mass is 9.60. The lowest BCUT2D eigenvalue weighted by molar-refractivity contribution is -0.0396. The molecule has 4 rings (SSSR count). The number of aryl methyl sites for hydroxylation is 2. The number of nitrogens with zero attached hydrogens (tertiary/aromatic N) is 1. The summed E-state index contributed by atoms with van der Waals surface area (Å²) in [5.74, 6) is 2.13. The Morgan fingerprint density at radius 1 is 1.08 bits per heavy atom. The van der Waals surface area contributed by atoms with Gasteiger partial charge in [0.2, 0.25) is 0 Å². The van der Waals surface area contributed by atoms with Gasteiger partial charge in [0.1, 0.15) is 0 Å². The molecular formula is C24H37N. The standard InChI is InChI=1S/C24H37N/c1-4-19-11-10-18(3)16-22(19)24(5-2)12-14-25(15-13-24)23-17-20-8-6-7-9-21(20)23/h10-11,16,20-21,23H,4-9,12-15,17H2,1-3H3/t20?,21-,23-/m1/s1. The van der Waals surface area contributed by atoms with Crippen LogP contribution in [0.2, 0.25) is 0 Å². The number of fused-ring (bicyclic) bond motifs is 1. The maximum absolute atomic E-state index is 2.89. The van der Waals surface area contributed by atoms with Crippen LogP contribution in [-0.4, -0.2) is 24.0 Å². The zero-order valence-corrected chi connectivity index (χ0v) is 16.7. The van der Waals surface area contributed by atoms with Gasteiger partial charge in [-0.05, 0) is 86.9 Å². The predicted octanol–water partition coefficient (Wildman–Crippen LogP) is 5.88. The molecule has 25 heavy (non-hydrogen) atoms. The van der Waals surface area contributed by atoms with E-state index in [1.54, 1.807) is 11.1 Å². The van der Waals surface area contributed by atoms with Crippen LogP contribution in [0.15, 0.2) is 18.2 Å². The van der Waals surface area contributed by atoms with Crippen LogP contribution < -0.4 is 0 Å². The van der Waals surface area contributed by atoms with Gasteiger partial charge < -0.3 is 4.90 Å². The molecule has 3 fully saturated rings. The summed E-state index contributed by atoms with van der Waals surface area (Å²) < 4.78 is 0. The molecule has 0 bridgehead atoms. The Bertz CT molecular complexity index is 596. The van der Waals surface area contributed by atoms with Crippen molar-refractivity contribution in [2.45, 2.75) is 90.0 Å². The Balaban J connectivity index is 1.48. The molecule has 3 aliphatic rings. The molecule has 1 aliphatic heterocycles. The molecule has 0 radical (unpaired) electrons. The van der Waals surface area contributed by atoms with E-state index in [4.69, 9.17) is 0 Å². The first kappa shape index (κ1) is 17.6. The zero-order valence-electron chi connectivity index (χ0n) is 16.7. The van der Waals surface area contributed by atoms with Crippen LogP contribution in [0.1, 0.15) is 81.9 Å². The van der Waals surface area contributed by atoms with Gasteiger partial charge in [-0.3, -0.25) is 0 Å². The number of hydrogen-bond acceptors (Lipinski definition) is 1. The van der Waals surface area contributed by atoms with E-state index in [2.05, 4.69) is 43.9 Å². The van der Waals surface area contributed by atoms with Gasteiger partial charge in [-0.25, -0.2) is 0 Å². The van der Waals surface area contributed by atoms with Crippen molar-refractivity contribution in [1.29, 1.82) is 0 Å². The minimum Gasteiger partial charge on any atom is -0.300 e. The third-order valence-corrected chi connectivity index (χ3v) is 8.12. The number of benzene rings is 1. The smallest absolute Gasteiger partial charge is 0.0129 e. The van der Waals surface area contributed by atoms with Crippen molar-refractivity contribution in [1.82, 2.24) is 4.90 Å². The predicted molar refractivity (Wildman–Crippen MR) is 107 cm³/mol. The van der Waals surface area contributed by atoms with Gasteiger partial charge in [-0.1, -0.05) is 56.9 Å². The molecular weight excluding hydrogens is 302 g/mol. The van der Waals surface area contributed by atoms with Crippen LogP contribution in [-0.2, 0) is 11.8 Å². The highest BCUT2D eigenvalue weighted by Gasteiger charge is 2.47. The van der Waals surface area contributed by atoms with E-state index in [1.165, 1.54) is 76.4 Å². The highest BCUT2D eigenvalue weighted by Crippen LogP contribution is 2.49. The molecule has 1 saturated heterocycles. The van der Waals surface area contributed by atoms with Crippen LogP contribution in [0.3, 0.4) is 0 Å². The number of hydrogen-bond donors (Lipinski definition) is 0. The minimum atomic E-state index is 0.434. The van der Waals surface area contributed by atoms with Crippen LogP contribution in [0.4, 0.5) is 0 Å². The summed E-state index contributed by atoms with van der Waals surface area (Å²) in [6, 6.07) is 8.15. The van der Waals surface area contributed by atoms with E-state index in [-0.39, 0.29) is 0 Å². The van der Waals surface area contributed by atoms with E-state index >= 15 is 0 Å². The highest BCUT2D eigenvalue weighted by molar-refractivity contribution is 5.38. The van der Waals surface area contributed by atoms with Gasteiger partial charge in [-0.15, -0.1) is 0 Å². The van der Waals surface area contributed by atoms with Crippen molar-refractivity contribution in [2.75, 3.05) is 13.1 Å². The maximum atomic E-state index is 2.89. The van der Waals surface area contributed by atoms with Gasteiger partial charge in [0.15, 0.2) is 0 Å². The molecule has 0 spiro atoms. The van der Waals surface area contributed by atoms with Crippen LogP contribution >= 0.6 is 0 Å². The SMILES string of the molecule is CCc1ccc(C)cc1C1(CC)CCN([C@@H]2CC3CCCC[C@H]32)CC1. The highest BCUT2D eigenvalue weighted by atomic mass is 15.2. The van der Waals surface area contributed by atoms with E-state index in [1.807, 2.05) is 0 Å². The maximum Gasteiger partial charge on any atom is 0.0129 e. The molecule has 3 atom stereocenters. The van der Waals surface area contributed by atoms with E-state index in [0.717, 1.165) is 17.9 Å².